The molecular formula is C9H18ClNO. The van der Waals surface area contributed by atoms with Gasteiger partial charge in [0, 0.05) is 0 Å². The number of halogens is 1. The maximum absolute atomic E-state index is 5.67. The Morgan fingerprint density at radius 1 is 1.42 bits per heavy atom. The van der Waals surface area contributed by atoms with Crippen LogP contribution in [0.25, 0.3) is 0 Å². The van der Waals surface area contributed by atoms with Crippen molar-refractivity contribution in [2.24, 2.45) is 11.1 Å². The van der Waals surface area contributed by atoms with Gasteiger partial charge in [-0.15, -0.1) is 12.4 Å². The Kier molecular flexibility index (Phi) is 3.38. The van der Waals surface area contributed by atoms with E-state index >= 15 is 0 Å². The Hall–Kier alpha value is 0.210. The Labute approximate surface area is 80.3 Å². The largest absolute Gasteiger partial charge is 0.378 e. The summed E-state index contributed by atoms with van der Waals surface area (Å²) in [5.41, 5.74) is 6.09. The third-order valence-electron chi connectivity index (χ3n) is 3.19. The lowest BCUT2D eigenvalue weighted by molar-refractivity contribution is 0.0670. The number of ether oxygens (including phenoxy) is 1. The fourth-order valence-corrected chi connectivity index (χ4v) is 2.29. The molecule has 72 valence electrons. The number of hydrogen-bond donors (Lipinski definition) is 1. The van der Waals surface area contributed by atoms with E-state index in [2.05, 4.69) is 0 Å². The van der Waals surface area contributed by atoms with Crippen LogP contribution >= 0.6 is 12.4 Å². The molecule has 0 bridgehead atoms. The van der Waals surface area contributed by atoms with Crippen LogP contribution in [0.1, 0.15) is 32.1 Å². The molecule has 1 saturated heterocycles. The molecule has 2 fully saturated rings. The Morgan fingerprint density at radius 2 is 2.17 bits per heavy atom. The summed E-state index contributed by atoms with van der Waals surface area (Å²) in [6.07, 6.45) is 7.03. The highest BCUT2D eigenvalue weighted by molar-refractivity contribution is 5.85. The van der Waals surface area contributed by atoms with Gasteiger partial charge >= 0.3 is 0 Å². The van der Waals surface area contributed by atoms with Crippen molar-refractivity contribution in [3.8, 4) is 0 Å². The molecule has 0 amide bonds. The second-order valence-electron chi connectivity index (χ2n) is 4.07. The molecule has 3 heteroatoms. The average Bonchev–Trinajstić information content (AvgIpc) is 2.32. The molecule has 2 nitrogen and oxygen atoms in total. The van der Waals surface area contributed by atoms with Crippen LogP contribution in [-0.4, -0.2) is 19.3 Å². The van der Waals surface area contributed by atoms with E-state index in [1.54, 1.807) is 0 Å². The van der Waals surface area contributed by atoms with Gasteiger partial charge in [0.2, 0.25) is 0 Å². The normalized spacial score (nSPS) is 31.2. The third-order valence-corrected chi connectivity index (χ3v) is 3.19. The van der Waals surface area contributed by atoms with Crippen molar-refractivity contribution in [1.29, 1.82) is 0 Å². The van der Waals surface area contributed by atoms with E-state index in [1.165, 1.54) is 25.7 Å². The van der Waals surface area contributed by atoms with Crippen molar-refractivity contribution in [3.63, 3.8) is 0 Å². The van der Waals surface area contributed by atoms with Gasteiger partial charge in [0.25, 0.3) is 0 Å². The van der Waals surface area contributed by atoms with E-state index in [4.69, 9.17) is 10.5 Å². The Balaban J connectivity index is 0.000000720. The Morgan fingerprint density at radius 3 is 2.58 bits per heavy atom. The average molecular weight is 192 g/mol. The summed E-state index contributed by atoms with van der Waals surface area (Å²) in [6, 6.07) is 0. The molecule has 0 aromatic rings. The SMILES string of the molecule is Cl.NCCC1CC2(CCC2)CO1. The maximum atomic E-state index is 5.67. The molecule has 1 aliphatic carbocycles. The molecule has 2 aliphatic rings. The van der Waals surface area contributed by atoms with Crippen LogP contribution in [0.4, 0.5) is 0 Å². The molecule has 1 heterocycles. The van der Waals surface area contributed by atoms with Crippen LogP contribution in [0.15, 0.2) is 0 Å². The van der Waals surface area contributed by atoms with Crippen LogP contribution in [0, 0.1) is 5.41 Å². The van der Waals surface area contributed by atoms with Gasteiger partial charge in [-0.05, 0) is 37.6 Å². The summed E-state index contributed by atoms with van der Waals surface area (Å²) in [6.45, 7) is 1.79. The van der Waals surface area contributed by atoms with Crippen molar-refractivity contribution >= 4 is 12.4 Å². The van der Waals surface area contributed by atoms with Crippen molar-refractivity contribution in [1.82, 2.24) is 0 Å². The second-order valence-corrected chi connectivity index (χ2v) is 4.07. The third kappa shape index (κ3) is 1.76. The van der Waals surface area contributed by atoms with Crippen molar-refractivity contribution < 1.29 is 4.74 Å². The Bertz CT molecular complexity index is 147. The molecule has 1 saturated carbocycles. The van der Waals surface area contributed by atoms with E-state index in [0.717, 1.165) is 19.6 Å². The summed E-state index contributed by atoms with van der Waals surface area (Å²) in [5.74, 6) is 0. The smallest absolute Gasteiger partial charge is 0.0593 e. The number of rotatable bonds is 2. The molecule has 1 aliphatic heterocycles. The first-order chi connectivity index (χ1) is 5.35. The number of nitrogens with two attached hydrogens (primary N) is 1. The van der Waals surface area contributed by atoms with E-state index in [-0.39, 0.29) is 12.4 Å². The van der Waals surface area contributed by atoms with Gasteiger partial charge in [-0.25, -0.2) is 0 Å². The van der Waals surface area contributed by atoms with Crippen LogP contribution in [0.5, 0.6) is 0 Å². The summed E-state index contributed by atoms with van der Waals surface area (Å²) < 4.78 is 5.67. The van der Waals surface area contributed by atoms with Gasteiger partial charge in [-0.3, -0.25) is 0 Å². The quantitative estimate of drug-likeness (QED) is 0.722. The van der Waals surface area contributed by atoms with Gasteiger partial charge in [0.1, 0.15) is 0 Å². The van der Waals surface area contributed by atoms with Crippen LogP contribution in [-0.2, 0) is 4.74 Å². The highest BCUT2D eigenvalue weighted by atomic mass is 35.5. The zero-order chi connectivity index (χ0) is 7.73. The first kappa shape index (κ1) is 10.3. The van der Waals surface area contributed by atoms with Crippen LogP contribution in [0.3, 0.4) is 0 Å². The molecule has 1 spiro atoms. The zero-order valence-corrected chi connectivity index (χ0v) is 8.24. The predicted molar refractivity (Wildman–Crippen MR) is 51.6 cm³/mol. The van der Waals surface area contributed by atoms with Gasteiger partial charge in [0.15, 0.2) is 0 Å². The minimum absolute atomic E-state index is 0. The lowest BCUT2D eigenvalue weighted by Crippen LogP contribution is -2.29. The highest BCUT2D eigenvalue weighted by Gasteiger charge is 2.43. The summed E-state index contributed by atoms with van der Waals surface area (Å²) in [7, 11) is 0. The molecule has 0 radical (unpaired) electrons. The van der Waals surface area contributed by atoms with E-state index in [1.807, 2.05) is 0 Å². The highest BCUT2D eigenvalue weighted by Crippen LogP contribution is 2.49. The summed E-state index contributed by atoms with van der Waals surface area (Å²) in [4.78, 5) is 0. The molecule has 0 aromatic carbocycles. The van der Waals surface area contributed by atoms with Gasteiger partial charge in [-0.2, -0.15) is 0 Å². The first-order valence-electron chi connectivity index (χ1n) is 4.66. The van der Waals surface area contributed by atoms with Crippen molar-refractivity contribution in [2.45, 2.75) is 38.2 Å². The fourth-order valence-electron chi connectivity index (χ4n) is 2.29. The van der Waals surface area contributed by atoms with Crippen molar-refractivity contribution in [3.05, 3.63) is 0 Å². The van der Waals surface area contributed by atoms with Gasteiger partial charge < -0.3 is 10.5 Å². The van der Waals surface area contributed by atoms with Crippen LogP contribution in [0.2, 0.25) is 0 Å². The van der Waals surface area contributed by atoms with Gasteiger partial charge in [-0.1, -0.05) is 6.42 Å². The lowest BCUT2D eigenvalue weighted by Gasteiger charge is -2.36. The first-order valence-corrected chi connectivity index (χ1v) is 4.66. The fraction of sp³-hybridized carbons (Fsp3) is 1.00. The van der Waals surface area contributed by atoms with Gasteiger partial charge in [0.05, 0.1) is 12.7 Å². The molecule has 0 aromatic heterocycles. The standard InChI is InChI=1S/C9H17NO.ClH/c10-5-2-8-6-9(7-11-8)3-1-4-9;/h8H,1-7,10H2;1H. The molecule has 2 rings (SSSR count). The summed E-state index contributed by atoms with van der Waals surface area (Å²) >= 11 is 0. The predicted octanol–water partition coefficient (Wildman–Crippen LogP) is 1.72. The molecule has 12 heavy (non-hydrogen) atoms. The molecular weight excluding hydrogens is 174 g/mol. The van der Waals surface area contributed by atoms with E-state index in [0.29, 0.717) is 11.5 Å². The minimum atomic E-state index is 0. The molecule has 1 atom stereocenters. The molecule has 2 N–H and O–H groups in total. The second kappa shape index (κ2) is 3.95. The minimum Gasteiger partial charge on any atom is -0.378 e. The lowest BCUT2D eigenvalue weighted by atomic mass is 9.67. The van der Waals surface area contributed by atoms with E-state index in [9.17, 15) is 0 Å². The number of hydrogen-bond acceptors (Lipinski definition) is 2. The van der Waals surface area contributed by atoms with Crippen LogP contribution < -0.4 is 5.73 Å². The topological polar surface area (TPSA) is 35.2 Å². The maximum Gasteiger partial charge on any atom is 0.0593 e. The van der Waals surface area contributed by atoms with Crippen molar-refractivity contribution in [2.75, 3.05) is 13.2 Å². The summed E-state index contributed by atoms with van der Waals surface area (Å²) in [5, 5.41) is 0. The molecule has 1 unspecified atom stereocenters. The van der Waals surface area contributed by atoms with E-state index < -0.39 is 0 Å². The zero-order valence-electron chi connectivity index (χ0n) is 7.42. The monoisotopic (exact) mass is 191 g/mol.